The van der Waals surface area contributed by atoms with E-state index in [1.54, 1.807) is 0 Å². The van der Waals surface area contributed by atoms with Crippen molar-refractivity contribution in [3.8, 4) is 0 Å². The van der Waals surface area contributed by atoms with Crippen LogP contribution in [0.2, 0.25) is 0 Å². The Balaban J connectivity index is 2.33. The van der Waals surface area contributed by atoms with Crippen molar-refractivity contribution in [2.75, 3.05) is 38.7 Å². The van der Waals surface area contributed by atoms with Gasteiger partial charge in [0.25, 0.3) is 0 Å². The van der Waals surface area contributed by atoms with E-state index >= 15 is 0 Å². The second-order valence-corrected chi connectivity index (χ2v) is 4.70. The number of rotatable bonds is 3. The number of nitrogens with zero attached hydrogens (tertiary/aromatic N) is 1. The smallest absolute Gasteiger partial charge is 0.0969 e. The second-order valence-electron chi connectivity index (χ2n) is 4.70. The molecule has 1 aliphatic heterocycles. The predicted molar refractivity (Wildman–Crippen MR) is 71.7 cm³/mol. The Morgan fingerprint density at radius 2 is 2.24 bits per heavy atom. The Kier molecular flexibility index (Phi) is 4.02. The van der Waals surface area contributed by atoms with Crippen LogP contribution in [0.15, 0.2) is 18.2 Å². The molecule has 0 amide bonds. The molecule has 1 unspecified atom stereocenters. The fraction of sp³-hybridized carbons (Fsp3) is 0.571. The van der Waals surface area contributed by atoms with Gasteiger partial charge < -0.3 is 15.0 Å². The summed E-state index contributed by atoms with van der Waals surface area (Å²) < 4.78 is 5.87. The van der Waals surface area contributed by atoms with Gasteiger partial charge in [-0.3, -0.25) is 0 Å². The molecule has 1 heterocycles. The third kappa shape index (κ3) is 2.79. The number of hydrogen-bond acceptors (Lipinski definition) is 3. The minimum Gasteiger partial charge on any atom is -0.377 e. The molecule has 1 aromatic rings. The zero-order chi connectivity index (χ0) is 12.3. The quantitative estimate of drug-likeness (QED) is 0.865. The van der Waals surface area contributed by atoms with Gasteiger partial charge >= 0.3 is 0 Å². The highest BCUT2D eigenvalue weighted by molar-refractivity contribution is 5.55. The highest BCUT2D eigenvalue weighted by Crippen LogP contribution is 2.29. The lowest BCUT2D eigenvalue weighted by Gasteiger charge is -2.28. The van der Waals surface area contributed by atoms with Crippen LogP contribution in [0.4, 0.5) is 5.69 Å². The molecule has 1 fully saturated rings. The van der Waals surface area contributed by atoms with Crippen LogP contribution in [0, 0.1) is 0 Å². The van der Waals surface area contributed by atoms with Gasteiger partial charge in [-0.1, -0.05) is 19.1 Å². The van der Waals surface area contributed by atoms with E-state index in [1.807, 2.05) is 0 Å². The number of benzene rings is 1. The predicted octanol–water partition coefficient (Wildman–Crippen LogP) is 1.98. The minimum absolute atomic E-state index is 0.188. The van der Waals surface area contributed by atoms with Crippen molar-refractivity contribution in [1.29, 1.82) is 0 Å². The number of morpholine rings is 1. The van der Waals surface area contributed by atoms with Gasteiger partial charge in [0.15, 0.2) is 0 Å². The maximum Gasteiger partial charge on any atom is 0.0969 e. The fourth-order valence-electron chi connectivity index (χ4n) is 2.25. The molecule has 0 saturated carbocycles. The van der Waals surface area contributed by atoms with Crippen LogP contribution in [0.5, 0.6) is 0 Å². The summed E-state index contributed by atoms with van der Waals surface area (Å²) in [6, 6.07) is 6.69. The Bertz CT molecular complexity index is 370. The zero-order valence-corrected chi connectivity index (χ0v) is 11.0. The zero-order valence-electron chi connectivity index (χ0n) is 11.0. The first-order valence-electron chi connectivity index (χ1n) is 6.35. The highest BCUT2D eigenvalue weighted by Gasteiger charge is 2.19. The normalized spacial score (nSPS) is 20.3. The van der Waals surface area contributed by atoms with Gasteiger partial charge in [0.1, 0.15) is 0 Å². The molecule has 0 spiro atoms. The van der Waals surface area contributed by atoms with Crippen LogP contribution >= 0.6 is 0 Å². The molecule has 17 heavy (non-hydrogen) atoms. The molecule has 0 aliphatic carbocycles. The van der Waals surface area contributed by atoms with Crippen LogP contribution in [-0.2, 0) is 11.2 Å². The van der Waals surface area contributed by atoms with E-state index in [9.17, 15) is 0 Å². The summed E-state index contributed by atoms with van der Waals surface area (Å²) in [5, 5.41) is 3.39. The van der Waals surface area contributed by atoms with Crippen molar-refractivity contribution in [3.63, 3.8) is 0 Å². The van der Waals surface area contributed by atoms with E-state index in [-0.39, 0.29) is 6.10 Å². The lowest BCUT2D eigenvalue weighted by atomic mass is 10.0. The average Bonchev–Trinajstić information content (AvgIpc) is 2.39. The van der Waals surface area contributed by atoms with Gasteiger partial charge in [-0.25, -0.2) is 0 Å². The molecule has 3 nitrogen and oxygen atoms in total. The summed E-state index contributed by atoms with van der Waals surface area (Å²) in [6.07, 6.45) is 1.26. The van der Waals surface area contributed by atoms with E-state index in [1.165, 1.54) is 16.8 Å². The van der Waals surface area contributed by atoms with Gasteiger partial charge in [-0.05, 0) is 18.1 Å². The Morgan fingerprint density at radius 1 is 1.41 bits per heavy atom. The molecule has 1 saturated heterocycles. The van der Waals surface area contributed by atoms with Crippen LogP contribution in [-0.4, -0.2) is 33.8 Å². The molecule has 2 rings (SSSR count). The molecule has 94 valence electrons. The van der Waals surface area contributed by atoms with Gasteiger partial charge in [0, 0.05) is 38.4 Å². The molecule has 3 heteroatoms. The molecule has 1 aliphatic rings. The first-order chi connectivity index (χ1) is 8.22. The number of ether oxygens (including phenoxy) is 1. The largest absolute Gasteiger partial charge is 0.377 e. The van der Waals surface area contributed by atoms with Crippen molar-refractivity contribution in [1.82, 2.24) is 5.32 Å². The first-order valence-corrected chi connectivity index (χ1v) is 6.35. The molecule has 0 aromatic heterocycles. The number of aryl methyl sites for hydroxylation is 1. The summed E-state index contributed by atoms with van der Waals surface area (Å²) in [4.78, 5) is 2.16. The molecular weight excluding hydrogens is 212 g/mol. The molecule has 1 aromatic carbocycles. The van der Waals surface area contributed by atoms with Gasteiger partial charge in [-0.2, -0.15) is 0 Å². The van der Waals surface area contributed by atoms with Gasteiger partial charge in [0.05, 0.1) is 12.7 Å². The standard InChI is InChI=1S/C14H22N2O/c1-4-11-5-6-13(16(2)3)12(9-11)14-10-15-7-8-17-14/h5-6,9,14-15H,4,7-8,10H2,1-3H3. The first kappa shape index (κ1) is 12.4. The van der Waals surface area contributed by atoms with Crippen molar-refractivity contribution < 1.29 is 4.74 Å². The lowest BCUT2D eigenvalue weighted by Crippen LogP contribution is -2.34. The summed E-state index contributed by atoms with van der Waals surface area (Å²) in [6.45, 7) is 4.86. The van der Waals surface area contributed by atoms with Crippen molar-refractivity contribution in [2.24, 2.45) is 0 Å². The Morgan fingerprint density at radius 3 is 2.82 bits per heavy atom. The van der Waals surface area contributed by atoms with Crippen LogP contribution in [0.1, 0.15) is 24.2 Å². The SMILES string of the molecule is CCc1ccc(N(C)C)c(C2CNCCO2)c1. The number of anilines is 1. The summed E-state index contributed by atoms with van der Waals surface area (Å²) >= 11 is 0. The van der Waals surface area contributed by atoms with Gasteiger partial charge in [-0.15, -0.1) is 0 Å². The van der Waals surface area contributed by atoms with E-state index in [0.717, 1.165) is 26.1 Å². The van der Waals surface area contributed by atoms with Crippen molar-refractivity contribution >= 4 is 5.69 Å². The van der Waals surface area contributed by atoms with Crippen LogP contribution < -0.4 is 10.2 Å². The number of nitrogens with one attached hydrogen (secondary N) is 1. The van der Waals surface area contributed by atoms with E-state index < -0.39 is 0 Å². The molecular formula is C14H22N2O. The Hall–Kier alpha value is -1.06. The minimum atomic E-state index is 0.188. The molecule has 0 bridgehead atoms. The van der Waals surface area contributed by atoms with Crippen molar-refractivity contribution in [3.05, 3.63) is 29.3 Å². The third-order valence-corrected chi connectivity index (χ3v) is 3.26. The van der Waals surface area contributed by atoms with Crippen LogP contribution in [0.3, 0.4) is 0 Å². The maximum absolute atomic E-state index is 5.87. The average molecular weight is 234 g/mol. The third-order valence-electron chi connectivity index (χ3n) is 3.26. The van der Waals surface area contributed by atoms with E-state index in [0.29, 0.717) is 0 Å². The highest BCUT2D eigenvalue weighted by atomic mass is 16.5. The van der Waals surface area contributed by atoms with E-state index in [2.05, 4.69) is 49.4 Å². The lowest BCUT2D eigenvalue weighted by molar-refractivity contribution is 0.0279. The summed E-state index contributed by atoms with van der Waals surface area (Å²) in [7, 11) is 4.17. The van der Waals surface area contributed by atoms with E-state index in [4.69, 9.17) is 4.74 Å². The molecule has 1 atom stereocenters. The van der Waals surface area contributed by atoms with Crippen molar-refractivity contribution in [2.45, 2.75) is 19.4 Å². The fourth-order valence-corrected chi connectivity index (χ4v) is 2.25. The summed E-state index contributed by atoms with van der Waals surface area (Å²) in [5.41, 5.74) is 3.94. The Labute approximate surface area is 104 Å². The maximum atomic E-state index is 5.87. The van der Waals surface area contributed by atoms with Crippen LogP contribution in [0.25, 0.3) is 0 Å². The summed E-state index contributed by atoms with van der Waals surface area (Å²) in [5.74, 6) is 0. The monoisotopic (exact) mass is 234 g/mol. The number of hydrogen-bond donors (Lipinski definition) is 1. The van der Waals surface area contributed by atoms with Gasteiger partial charge in [0.2, 0.25) is 0 Å². The molecule has 0 radical (unpaired) electrons. The topological polar surface area (TPSA) is 24.5 Å². The molecule has 1 N–H and O–H groups in total. The second kappa shape index (κ2) is 5.52.